The van der Waals surface area contributed by atoms with Crippen LogP contribution >= 0.6 is 23.1 Å². The van der Waals surface area contributed by atoms with E-state index in [-0.39, 0.29) is 0 Å². The highest BCUT2D eigenvalue weighted by molar-refractivity contribution is 8.01. The summed E-state index contributed by atoms with van der Waals surface area (Å²) >= 11 is 2.76. The molecule has 0 atom stereocenters. The summed E-state index contributed by atoms with van der Waals surface area (Å²) in [5.41, 5.74) is 1.29. The van der Waals surface area contributed by atoms with Gasteiger partial charge in [-0.05, 0) is 25.6 Å². The average Bonchev–Trinajstić information content (AvgIpc) is 2.79. The Balaban J connectivity index is 2.07. The second-order valence-corrected chi connectivity index (χ2v) is 6.48. The largest absolute Gasteiger partial charge is 0.249 e. The second-order valence-electron chi connectivity index (χ2n) is 4.06. The third kappa shape index (κ3) is 2.48. The van der Waals surface area contributed by atoms with Crippen LogP contribution < -0.4 is 0 Å². The number of nitrogens with zero attached hydrogens (tertiary/aromatic N) is 4. The first-order valence-electron chi connectivity index (χ1n) is 5.64. The van der Waals surface area contributed by atoms with Crippen LogP contribution in [0, 0.1) is 25.5 Å². The van der Waals surface area contributed by atoms with E-state index >= 15 is 0 Å². The molecule has 4 nitrogen and oxygen atoms in total. The quantitative estimate of drug-likeness (QED) is 0.725. The van der Waals surface area contributed by atoms with Gasteiger partial charge in [-0.3, -0.25) is 0 Å². The van der Waals surface area contributed by atoms with Crippen LogP contribution in [0.15, 0.2) is 21.5 Å². The van der Waals surface area contributed by atoms with Crippen molar-refractivity contribution in [2.45, 2.75) is 23.2 Å². The Hall–Kier alpha value is -1.67. The highest BCUT2D eigenvalue weighted by Crippen LogP contribution is 2.31. The molecule has 3 aromatic rings. The smallest absolute Gasteiger partial charge is 0.180 e. The van der Waals surface area contributed by atoms with Crippen LogP contribution in [0.5, 0.6) is 0 Å². The minimum atomic E-state index is -0.932. The van der Waals surface area contributed by atoms with E-state index < -0.39 is 11.6 Å². The van der Waals surface area contributed by atoms with Crippen molar-refractivity contribution in [3.63, 3.8) is 0 Å². The minimum Gasteiger partial charge on any atom is -0.249 e. The molecule has 0 spiro atoms. The second kappa shape index (κ2) is 5.02. The summed E-state index contributed by atoms with van der Waals surface area (Å²) in [6.07, 6.45) is 0. The standard InChI is InChI=1S/C12H8F2N4S2/c1-5-11(20-12-18-17-6(2)19-12)16-10-4-8(14)7(13)3-9(10)15-5/h3-4H,1-2H3. The molecule has 0 radical (unpaired) electrons. The minimum absolute atomic E-state index is 0.318. The van der Waals surface area contributed by atoms with Crippen LogP contribution in [-0.4, -0.2) is 20.2 Å². The number of fused-ring (bicyclic) bond motifs is 1. The maximum absolute atomic E-state index is 13.2. The topological polar surface area (TPSA) is 51.6 Å². The van der Waals surface area contributed by atoms with Crippen LogP contribution in [0.25, 0.3) is 11.0 Å². The van der Waals surface area contributed by atoms with Gasteiger partial charge in [-0.2, -0.15) is 0 Å². The van der Waals surface area contributed by atoms with Crippen molar-refractivity contribution >= 4 is 34.1 Å². The molecule has 1 aromatic carbocycles. The lowest BCUT2D eigenvalue weighted by Gasteiger charge is -2.04. The SMILES string of the molecule is Cc1nnc(Sc2nc3cc(F)c(F)cc3nc2C)s1. The Morgan fingerprint density at radius 3 is 2.25 bits per heavy atom. The van der Waals surface area contributed by atoms with Gasteiger partial charge in [0.25, 0.3) is 0 Å². The van der Waals surface area contributed by atoms with Gasteiger partial charge in [0.15, 0.2) is 16.0 Å². The maximum atomic E-state index is 13.2. The molecular formula is C12H8F2N4S2. The zero-order valence-corrected chi connectivity index (χ0v) is 12.1. The molecule has 0 bridgehead atoms. The molecule has 0 unspecified atom stereocenters. The van der Waals surface area contributed by atoms with Gasteiger partial charge in [0.1, 0.15) is 10.0 Å². The molecule has 20 heavy (non-hydrogen) atoms. The van der Waals surface area contributed by atoms with E-state index in [1.807, 2.05) is 6.92 Å². The van der Waals surface area contributed by atoms with Gasteiger partial charge in [-0.25, -0.2) is 18.7 Å². The van der Waals surface area contributed by atoms with E-state index in [2.05, 4.69) is 20.2 Å². The van der Waals surface area contributed by atoms with Gasteiger partial charge in [-0.15, -0.1) is 10.2 Å². The van der Waals surface area contributed by atoms with Crippen molar-refractivity contribution < 1.29 is 8.78 Å². The molecule has 0 aliphatic carbocycles. The predicted molar refractivity (Wildman–Crippen MR) is 73.0 cm³/mol. The van der Waals surface area contributed by atoms with Crippen molar-refractivity contribution in [3.8, 4) is 0 Å². The summed E-state index contributed by atoms with van der Waals surface area (Å²) in [6.45, 7) is 3.63. The molecule has 0 saturated carbocycles. The van der Waals surface area contributed by atoms with Gasteiger partial charge in [0, 0.05) is 12.1 Å². The fourth-order valence-electron chi connectivity index (χ4n) is 1.62. The van der Waals surface area contributed by atoms with Gasteiger partial charge in [0.2, 0.25) is 0 Å². The first kappa shape index (κ1) is 13.3. The number of aryl methyl sites for hydroxylation is 2. The van der Waals surface area contributed by atoms with Crippen LogP contribution in [0.3, 0.4) is 0 Å². The zero-order valence-electron chi connectivity index (χ0n) is 10.5. The normalized spacial score (nSPS) is 11.2. The van der Waals surface area contributed by atoms with E-state index in [4.69, 9.17) is 0 Å². The monoisotopic (exact) mass is 310 g/mol. The number of benzene rings is 1. The van der Waals surface area contributed by atoms with Gasteiger partial charge in [0.05, 0.1) is 16.7 Å². The van der Waals surface area contributed by atoms with Crippen LogP contribution in [-0.2, 0) is 0 Å². The summed E-state index contributed by atoms with van der Waals surface area (Å²) in [7, 11) is 0. The molecule has 0 N–H and O–H groups in total. The number of halogens is 2. The van der Waals surface area contributed by atoms with E-state index in [0.717, 1.165) is 21.5 Å². The van der Waals surface area contributed by atoms with Crippen molar-refractivity contribution in [2.75, 3.05) is 0 Å². The summed E-state index contributed by atoms with van der Waals surface area (Å²) in [5.74, 6) is -1.86. The summed E-state index contributed by atoms with van der Waals surface area (Å²) < 4.78 is 27.1. The first-order valence-corrected chi connectivity index (χ1v) is 7.27. The highest BCUT2D eigenvalue weighted by atomic mass is 32.2. The Kier molecular flexibility index (Phi) is 3.35. The molecule has 102 valence electrons. The Morgan fingerprint density at radius 2 is 1.65 bits per heavy atom. The molecule has 2 heterocycles. The van der Waals surface area contributed by atoms with Gasteiger partial charge < -0.3 is 0 Å². The third-order valence-corrected chi connectivity index (χ3v) is 4.50. The van der Waals surface area contributed by atoms with Crippen molar-refractivity contribution in [2.24, 2.45) is 0 Å². The number of hydrogen-bond acceptors (Lipinski definition) is 6. The van der Waals surface area contributed by atoms with Crippen LogP contribution in [0.2, 0.25) is 0 Å². The molecule has 8 heteroatoms. The predicted octanol–water partition coefficient (Wildman–Crippen LogP) is 3.53. The maximum Gasteiger partial charge on any atom is 0.180 e. The Bertz CT molecular complexity index is 803. The Morgan fingerprint density at radius 1 is 1.00 bits per heavy atom. The first-order chi connectivity index (χ1) is 9.52. The fourth-order valence-corrected chi connectivity index (χ4v) is 3.39. The molecule has 0 aliphatic heterocycles. The molecule has 3 rings (SSSR count). The summed E-state index contributed by atoms with van der Waals surface area (Å²) in [5, 5.41) is 9.38. The molecule has 2 aromatic heterocycles. The van der Waals surface area contributed by atoms with E-state index in [9.17, 15) is 8.78 Å². The fraction of sp³-hybridized carbons (Fsp3) is 0.167. The van der Waals surface area contributed by atoms with Crippen LogP contribution in [0.1, 0.15) is 10.7 Å². The number of aromatic nitrogens is 4. The lowest BCUT2D eigenvalue weighted by Crippen LogP contribution is -1.95. The molecule has 0 fully saturated rings. The number of hydrogen-bond donors (Lipinski definition) is 0. The lowest BCUT2D eigenvalue weighted by molar-refractivity contribution is 0.510. The molecule has 0 saturated heterocycles. The molecule has 0 aliphatic rings. The number of rotatable bonds is 2. The third-order valence-electron chi connectivity index (χ3n) is 2.53. The average molecular weight is 310 g/mol. The van der Waals surface area contributed by atoms with Crippen molar-refractivity contribution in [3.05, 3.63) is 34.5 Å². The molecule has 0 amide bonds. The Labute approximate surface area is 121 Å². The summed E-state index contributed by atoms with van der Waals surface area (Å²) in [4.78, 5) is 8.56. The highest BCUT2D eigenvalue weighted by Gasteiger charge is 2.12. The molecular weight excluding hydrogens is 302 g/mol. The van der Waals surface area contributed by atoms with Crippen molar-refractivity contribution in [1.29, 1.82) is 0 Å². The van der Waals surface area contributed by atoms with Crippen LogP contribution in [0.4, 0.5) is 8.78 Å². The van der Waals surface area contributed by atoms with E-state index in [1.165, 1.54) is 23.1 Å². The zero-order chi connectivity index (χ0) is 14.3. The van der Waals surface area contributed by atoms with Gasteiger partial charge >= 0.3 is 0 Å². The van der Waals surface area contributed by atoms with E-state index in [0.29, 0.717) is 21.8 Å². The van der Waals surface area contributed by atoms with Crippen molar-refractivity contribution in [1.82, 2.24) is 20.2 Å². The lowest BCUT2D eigenvalue weighted by atomic mass is 10.3. The van der Waals surface area contributed by atoms with E-state index in [1.54, 1.807) is 6.92 Å². The van der Waals surface area contributed by atoms with Gasteiger partial charge in [-0.1, -0.05) is 11.3 Å². The summed E-state index contributed by atoms with van der Waals surface area (Å²) in [6, 6.07) is 2.10.